The molecule has 3 atom stereocenters. The van der Waals surface area contributed by atoms with Gasteiger partial charge >= 0.3 is 6.03 Å². The van der Waals surface area contributed by atoms with Crippen molar-refractivity contribution in [3.8, 4) is 5.75 Å². The Balaban J connectivity index is 1.41. The molecule has 9 heteroatoms. The summed E-state index contributed by atoms with van der Waals surface area (Å²) in [4.78, 5) is 44.4. The number of hydrogen-bond donors (Lipinski definition) is 1. The summed E-state index contributed by atoms with van der Waals surface area (Å²) >= 11 is 0. The predicted octanol–water partition coefficient (Wildman–Crippen LogP) is 2.25. The molecule has 3 aliphatic rings. The molecule has 1 aromatic carbocycles. The molecule has 3 aliphatic heterocycles. The number of nitrogens with zero attached hydrogens (tertiary/aromatic N) is 3. The van der Waals surface area contributed by atoms with E-state index < -0.39 is 18.0 Å². The monoisotopic (exact) mass is 472 g/mol. The molecule has 1 N–H and O–H groups in total. The number of ether oxygens (including phenoxy) is 2. The molecule has 34 heavy (non-hydrogen) atoms. The minimum atomic E-state index is -0.871. The molecular formula is C25H36N4O5. The maximum atomic E-state index is 13.3. The fraction of sp³-hybridized carbons (Fsp3) is 0.640. The van der Waals surface area contributed by atoms with Crippen molar-refractivity contribution >= 4 is 23.5 Å². The largest absolute Gasteiger partial charge is 0.497 e. The first-order chi connectivity index (χ1) is 16.5. The normalized spacial score (nSPS) is 25.1. The van der Waals surface area contributed by atoms with Gasteiger partial charge in [0.1, 0.15) is 11.8 Å². The van der Waals surface area contributed by atoms with Crippen molar-refractivity contribution in [3.05, 3.63) is 24.3 Å². The van der Waals surface area contributed by atoms with Gasteiger partial charge in [-0.05, 0) is 69.0 Å². The number of piperidine rings is 2. The Hall–Kier alpha value is -2.65. The Bertz CT molecular complexity index is 875. The lowest BCUT2D eigenvalue weighted by Crippen LogP contribution is -2.52. The van der Waals surface area contributed by atoms with Gasteiger partial charge in [-0.25, -0.2) is 9.69 Å². The van der Waals surface area contributed by atoms with Crippen LogP contribution in [0.3, 0.4) is 0 Å². The van der Waals surface area contributed by atoms with Gasteiger partial charge in [0.25, 0.3) is 5.91 Å². The molecule has 3 fully saturated rings. The number of fused-ring (bicyclic) bond motifs is 1. The molecule has 0 aromatic heterocycles. The number of imide groups is 1. The SMILES string of the molecule is COCCN(C[C@@H]1CCCN2CCCC[C@H]12)C(=O)C[C@@H]1NC(=O)N(c2ccc(OC)cc2)C1=O. The maximum absolute atomic E-state index is 13.3. The molecule has 0 bridgehead atoms. The van der Waals surface area contributed by atoms with Crippen molar-refractivity contribution in [1.82, 2.24) is 15.1 Å². The lowest BCUT2D eigenvalue weighted by atomic mass is 9.83. The van der Waals surface area contributed by atoms with Crippen molar-refractivity contribution in [2.75, 3.05) is 51.9 Å². The first-order valence-corrected chi connectivity index (χ1v) is 12.3. The van der Waals surface area contributed by atoms with Crippen LogP contribution < -0.4 is 15.0 Å². The van der Waals surface area contributed by atoms with E-state index in [1.165, 1.54) is 19.3 Å². The lowest BCUT2D eigenvalue weighted by Gasteiger charge is -2.45. The van der Waals surface area contributed by atoms with Gasteiger partial charge in [-0.15, -0.1) is 0 Å². The summed E-state index contributed by atoms with van der Waals surface area (Å²) in [6.45, 7) is 3.89. The fourth-order valence-electron chi connectivity index (χ4n) is 5.54. The molecule has 0 radical (unpaired) electrons. The third kappa shape index (κ3) is 5.36. The Labute approximate surface area is 201 Å². The first-order valence-electron chi connectivity index (χ1n) is 12.3. The summed E-state index contributed by atoms with van der Waals surface area (Å²) in [5.74, 6) is 0.529. The number of amides is 4. The highest BCUT2D eigenvalue weighted by Gasteiger charge is 2.41. The van der Waals surface area contributed by atoms with Crippen LogP contribution >= 0.6 is 0 Å². The third-order valence-electron chi connectivity index (χ3n) is 7.33. The van der Waals surface area contributed by atoms with Gasteiger partial charge in [0.05, 0.1) is 25.8 Å². The summed E-state index contributed by atoms with van der Waals surface area (Å²) in [5.41, 5.74) is 0.453. The van der Waals surface area contributed by atoms with Crippen LogP contribution in [0.15, 0.2) is 24.3 Å². The predicted molar refractivity (Wildman–Crippen MR) is 128 cm³/mol. The van der Waals surface area contributed by atoms with E-state index in [-0.39, 0.29) is 12.3 Å². The van der Waals surface area contributed by atoms with Crippen molar-refractivity contribution in [1.29, 1.82) is 0 Å². The summed E-state index contributed by atoms with van der Waals surface area (Å²) in [7, 11) is 3.18. The van der Waals surface area contributed by atoms with E-state index in [1.807, 2.05) is 4.90 Å². The van der Waals surface area contributed by atoms with E-state index >= 15 is 0 Å². The van der Waals surface area contributed by atoms with Crippen LogP contribution in [0, 0.1) is 5.92 Å². The van der Waals surface area contributed by atoms with Crippen LogP contribution in [-0.2, 0) is 14.3 Å². The topological polar surface area (TPSA) is 91.4 Å². The van der Waals surface area contributed by atoms with E-state index in [2.05, 4.69) is 10.2 Å². The molecule has 0 aliphatic carbocycles. The molecule has 186 valence electrons. The Morgan fingerprint density at radius 1 is 1.09 bits per heavy atom. The van der Waals surface area contributed by atoms with Crippen molar-refractivity contribution in [2.24, 2.45) is 5.92 Å². The van der Waals surface area contributed by atoms with E-state index in [4.69, 9.17) is 9.47 Å². The average Bonchev–Trinajstić information content (AvgIpc) is 3.14. The average molecular weight is 473 g/mol. The Morgan fingerprint density at radius 2 is 1.85 bits per heavy atom. The number of carbonyl (C=O) groups is 3. The number of nitrogens with one attached hydrogen (secondary N) is 1. The molecule has 3 heterocycles. The first kappa shape index (κ1) is 24.5. The minimum absolute atomic E-state index is 0.0535. The molecule has 4 amide bonds. The van der Waals surface area contributed by atoms with Crippen molar-refractivity contribution in [2.45, 2.75) is 50.6 Å². The molecule has 9 nitrogen and oxygen atoms in total. The second-order valence-corrected chi connectivity index (χ2v) is 9.41. The molecule has 0 saturated carbocycles. The summed E-state index contributed by atoms with van der Waals surface area (Å²) in [5, 5.41) is 2.69. The van der Waals surface area contributed by atoms with E-state index in [0.29, 0.717) is 43.1 Å². The van der Waals surface area contributed by atoms with Crippen LogP contribution in [0.4, 0.5) is 10.5 Å². The molecule has 0 unspecified atom stereocenters. The second-order valence-electron chi connectivity index (χ2n) is 9.41. The smallest absolute Gasteiger partial charge is 0.329 e. The molecule has 1 aromatic rings. The Morgan fingerprint density at radius 3 is 2.59 bits per heavy atom. The van der Waals surface area contributed by atoms with Gasteiger partial charge in [0.15, 0.2) is 0 Å². The van der Waals surface area contributed by atoms with Crippen LogP contribution in [-0.4, -0.2) is 86.7 Å². The summed E-state index contributed by atoms with van der Waals surface area (Å²) in [6.07, 6.45) is 5.90. The van der Waals surface area contributed by atoms with Gasteiger partial charge in [0, 0.05) is 26.2 Å². The number of urea groups is 1. The number of rotatable bonds is 9. The maximum Gasteiger partial charge on any atom is 0.329 e. The number of hydrogen-bond acceptors (Lipinski definition) is 6. The van der Waals surface area contributed by atoms with Gasteiger partial charge in [-0.3, -0.25) is 9.59 Å². The van der Waals surface area contributed by atoms with Gasteiger partial charge in [-0.2, -0.15) is 0 Å². The van der Waals surface area contributed by atoms with Crippen LogP contribution in [0.1, 0.15) is 38.5 Å². The Kier molecular flexibility index (Phi) is 8.05. The molecule has 3 saturated heterocycles. The molecular weight excluding hydrogens is 436 g/mol. The zero-order chi connectivity index (χ0) is 24.1. The molecule has 0 spiro atoms. The van der Waals surface area contributed by atoms with Crippen LogP contribution in [0.25, 0.3) is 0 Å². The fourth-order valence-corrected chi connectivity index (χ4v) is 5.54. The zero-order valence-electron chi connectivity index (χ0n) is 20.2. The number of anilines is 1. The third-order valence-corrected chi connectivity index (χ3v) is 7.33. The highest BCUT2D eigenvalue weighted by Crippen LogP contribution is 2.32. The van der Waals surface area contributed by atoms with Gasteiger partial charge < -0.3 is 24.6 Å². The minimum Gasteiger partial charge on any atom is -0.497 e. The highest BCUT2D eigenvalue weighted by molar-refractivity contribution is 6.22. The number of benzene rings is 1. The summed E-state index contributed by atoms with van der Waals surface area (Å²) in [6, 6.07) is 5.85. The van der Waals surface area contributed by atoms with Crippen LogP contribution in [0.2, 0.25) is 0 Å². The van der Waals surface area contributed by atoms with Gasteiger partial charge in [-0.1, -0.05) is 6.42 Å². The lowest BCUT2D eigenvalue weighted by molar-refractivity contribution is -0.135. The van der Waals surface area contributed by atoms with E-state index in [0.717, 1.165) is 30.8 Å². The van der Waals surface area contributed by atoms with E-state index in [9.17, 15) is 14.4 Å². The van der Waals surface area contributed by atoms with Crippen molar-refractivity contribution in [3.63, 3.8) is 0 Å². The van der Waals surface area contributed by atoms with Crippen molar-refractivity contribution < 1.29 is 23.9 Å². The highest BCUT2D eigenvalue weighted by atomic mass is 16.5. The molecule has 4 rings (SSSR count). The van der Waals surface area contributed by atoms with Crippen LogP contribution in [0.5, 0.6) is 5.75 Å². The standard InChI is InChI=1S/C25H36N4O5/c1-33-15-14-28(17-18-6-5-13-27-12-4-3-7-22(18)27)23(30)16-21-24(31)29(25(32)26-21)19-8-10-20(34-2)11-9-19/h8-11,18,21-22H,3-7,12-17H2,1-2H3,(H,26,32)/t18-,21-,22+/m0/s1. The van der Waals surface area contributed by atoms with E-state index in [1.54, 1.807) is 38.5 Å². The quantitative estimate of drug-likeness (QED) is 0.555. The summed E-state index contributed by atoms with van der Waals surface area (Å²) < 4.78 is 10.4. The zero-order valence-corrected chi connectivity index (χ0v) is 20.2. The number of carbonyl (C=O) groups excluding carboxylic acids is 3. The van der Waals surface area contributed by atoms with Gasteiger partial charge in [0.2, 0.25) is 5.91 Å². The number of methoxy groups -OCH3 is 2. The second kappa shape index (κ2) is 11.2.